The minimum absolute atomic E-state index is 0.0572. The summed E-state index contributed by atoms with van der Waals surface area (Å²) in [6, 6.07) is 7.82. The molecule has 31 heavy (non-hydrogen) atoms. The normalized spacial score (nSPS) is 17.2. The summed E-state index contributed by atoms with van der Waals surface area (Å²) in [5.74, 6) is -1.56. The second-order valence-electron chi connectivity index (χ2n) is 7.59. The number of hydrogen-bond acceptors (Lipinski definition) is 4. The van der Waals surface area contributed by atoms with Crippen LogP contribution in [0.2, 0.25) is 5.02 Å². The van der Waals surface area contributed by atoms with E-state index in [1.165, 1.54) is 6.07 Å². The summed E-state index contributed by atoms with van der Waals surface area (Å²) in [6.45, 7) is 3.52. The number of nitrogens with zero attached hydrogens (tertiary/aromatic N) is 2. The first-order valence-electron chi connectivity index (χ1n) is 9.74. The molecule has 164 valence electrons. The van der Waals surface area contributed by atoms with Gasteiger partial charge in [0.2, 0.25) is 0 Å². The number of nitrogens with one attached hydrogen (secondary N) is 1. The van der Waals surface area contributed by atoms with Crippen LogP contribution in [0.4, 0.5) is 8.78 Å². The number of halogens is 3. The van der Waals surface area contributed by atoms with Crippen molar-refractivity contribution in [2.45, 2.75) is 32.5 Å². The molecular weight excluding hydrogens is 428 g/mol. The highest BCUT2D eigenvalue weighted by atomic mass is 35.5. The number of hydrogen-bond donors (Lipinski definition) is 2. The fourth-order valence-electron chi connectivity index (χ4n) is 2.95. The van der Waals surface area contributed by atoms with E-state index in [0.717, 1.165) is 16.8 Å². The van der Waals surface area contributed by atoms with Gasteiger partial charge >= 0.3 is 0 Å². The third kappa shape index (κ3) is 5.45. The molecular formula is C22H22ClF2N3O3. The van der Waals surface area contributed by atoms with E-state index < -0.39 is 36.0 Å². The molecule has 1 amide bonds. The molecule has 0 saturated carbocycles. The predicted octanol–water partition coefficient (Wildman–Crippen LogP) is 3.75. The van der Waals surface area contributed by atoms with Gasteiger partial charge in [-0.2, -0.15) is 9.78 Å². The number of carbonyl (C=O) groups excluding carboxylic acids is 1. The number of allylic oxidation sites excluding steroid dienone is 4. The molecule has 0 aliphatic heterocycles. The first kappa shape index (κ1) is 22.8. The molecule has 0 saturated heterocycles. The van der Waals surface area contributed by atoms with Gasteiger partial charge in [-0.05, 0) is 36.3 Å². The number of carbonyl (C=O) groups is 1. The van der Waals surface area contributed by atoms with Gasteiger partial charge in [0.25, 0.3) is 11.5 Å². The Morgan fingerprint density at radius 2 is 2.03 bits per heavy atom. The quantitative estimate of drug-likeness (QED) is 0.703. The highest BCUT2D eigenvalue weighted by Gasteiger charge is 2.22. The molecule has 2 unspecified atom stereocenters. The standard InChI is InChI=1S/C22H22ClF2N3O3/c1-12(2)20(29)11-26-21(30)18-10-19(13-3-5-14(23)6-4-13)27-28(22(18)31)17-8-15(24)7-16(25)9-17/h3-6,8-10,12,15,20,29H,7,11H2,1-2H3,(H,26,30). The Labute approximate surface area is 182 Å². The average Bonchev–Trinajstić information content (AvgIpc) is 2.71. The summed E-state index contributed by atoms with van der Waals surface area (Å²) < 4.78 is 28.5. The lowest BCUT2D eigenvalue weighted by atomic mass is 10.1. The predicted molar refractivity (Wildman–Crippen MR) is 115 cm³/mol. The number of benzene rings is 1. The lowest BCUT2D eigenvalue weighted by molar-refractivity contribution is 0.0869. The third-order valence-corrected chi connectivity index (χ3v) is 5.08. The zero-order valence-corrected chi connectivity index (χ0v) is 17.7. The summed E-state index contributed by atoms with van der Waals surface area (Å²) in [7, 11) is 0. The zero-order valence-electron chi connectivity index (χ0n) is 17.0. The Balaban J connectivity index is 2.09. The molecule has 2 atom stereocenters. The number of alkyl halides is 1. The van der Waals surface area contributed by atoms with Crippen molar-refractivity contribution in [3.8, 4) is 11.3 Å². The average molecular weight is 450 g/mol. The molecule has 1 aromatic heterocycles. The Bertz CT molecular complexity index is 1090. The fourth-order valence-corrected chi connectivity index (χ4v) is 3.08. The number of amides is 1. The number of aliphatic hydroxyl groups is 1. The lowest BCUT2D eigenvalue weighted by Gasteiger charge is -2.17. The van der Waals surface area contributed by atoms with Crippen LogP contribution in [0.15, 0.2) is 53.1 Å². The largest absolute Gasteiger partial charge is 0.391 e. The molecule has 0 fully saturated rings. The topological polar surface area (TPSA) is 84.2 Å². The smallest absolute Gasteiger partial charge is 0.284 e. The van der Waals surface area contributed by atoms with Crippen molar-refractivity contribution in [1.82, 2.24) is 15.1 Å². The Morgan fingerprint density at radius 1 is 1.35 bits per heavy atom. The van der Waals surface area contributed by atoms with Crippen molar-refractivity contribution in [3.05, 3.63) is 69.3 Å². The van der Waals surface area contributed by atoms with Gasteiger partial charge in [-0.25, -0.2) is 8.78 Å². The van der Waals surface area contributed by atoms with Crippen molar-refractivity contribution in [2.75, 3.05) is 6.54 Å². The van der Waals surface area contributed by atoms with Gasteiger partial charge in [0.1, 0.15) is 17.6 Å². The second-order valence-corrected chi connectivity index (χ2v) is 8.03. The van der Waals surface area contributed by atoms with Crippen molar-refractivity contribution >= 4 is 23.2 Å². The third-order valence-electron chi connectivity index (χ3n) is 4.83. The summed E-state index contributed by atoms with van der Waals surface area (Å²) >= 11 is 5.92. The monoisotopic (exact) mass is 449 g/mol. The first-order chi connectivity index (χ1) is 14.7. The SMILES string of the molecule is CC(C)C(O)CNC(=O)c1cc(-c2ccc(Cl)cc2)nn(C2=CC(F)CC(F)=C2)c1=O. The number of rotatable bonds is 6. The Hall–Kier alpha value is -2.84. The van der Waals surface area contributed by atoms with E-state index in [-0.39, 0.29) is 29.4 Å². The van der Waals surface area contributed by atoms with Crippen LogP contribution in [0.3, 0.4) is 0 Å². The maximum atomic E-state index is 13.9. The molecule has 0 spiro atoms. The molecule has 3 rings (SSSR count). The van der Waals surface area contributed by atoms with E-state index >= 15 is 0 Å². The molecule has 1 aliphatic carbocycles. The van der Waals surface area contributed by atoms with Gasteiger partial charge in [0, 0.05) is 23.6 Å². The molecule has 2 N–H and O–H groups in total. The van der Waals surface area contributed by atoms with Gasteiger partial charge in [-0.1, -0.05) is 37.6 Å². The summed E-state index contributed by atoms with van der Waals surface area (Å²) in [6.07, 6.45) is -0.746. The Kier molecular flexibility index (Phi) is 7.02. The second kappa shape index (κ2) is 9.53. The fraction of sp³-hybridized carbons (Fsp3) is 0.318. The first-order valence-corrected chi connectivity index (χ1v) is 10.1. The molecule has 9 heteroatoms. The summed E-state index contributed by atoms with van der Waals surface area (Å²) in [5.41, 5.74) is -0.424. The van der Waals surface area contributed by atoms with Gasteiger partial charge in [0.15, 0.2) is 0 Å². The van der Waals surface area contributed by atoms with E-state index in [0.29, 0.717) is 10.6 Å². The summed E-state index contributed by atoms with van der Waals surface area (Å²) in [5, 5.41) is 17.2. The van der Waals surface area contributed by atoms with Crippen LogP contribution >= 0.6 is 11.6 Å². The van der Waals surface area contributed by atoms with Crippen LogP contribution in [0.5, 0.6) is 0 Å². The van der Waals surface area contributed by atoms with E-state index in [1.807, 2.05) is 0 Å². The van der Waals surface area contributed by atoms with Crippen molar-refractivity contribution in [2.24, 2.45) is 5.92 Å². The van der Waals surface area contributed by atoms with Crippen LogP contribution in [-0.2, 0) is 0 Å². The van der Waals surface area contributed by atoms with Crippen LogP contribution < -0.4 is 10.9 Å². The minimum Gasteiger partial charge on any atom is -0.391 e. The van der Waals surface area contributed by atoms with Crippen molar-refractivity contribution < 1.29 is 18.7 Å². The maximum absolute atomic E-state index is 13.9. The Morgan fingerprint density at radius 3 is 2.65 bits per heavy atom. The molecule has 1 aromatic carbocycles. The van der Waals surface area contributed by atoms with Crippen LogP contribution in [-0.4, -0.2) is 39.6 Å². The van der Waals surface area contributed by atoms with Crippen molar-refractivity contribution in [1.29, 1.82) is 0 Å². The van der Waals surface area contributed by atoms with E-state index in [1.54, 1.807) is 38.1 Å². The number of aliphatic hydroxyl groups excluding tert-OH is 1. The molecule has 1 aliphatic rings. The highest BCUT2D eigenvalue weighted by molar-refractivity contribution is 6.30. The van der Waals surface area contributed by atoms with Gasteiger partial charge in [-0.3, -0.25) is 9.59 Å². The highest BCUT2D eigenvalue weighted by Crippen LogP contribution is 2.24. The van der Waals surface area contributed by atoms with E-state index in [9.17, 15) is 23.5 Å². The minimum atomic E-state index is -1.62. The van der Waals surface area contributed by atoms with Crippen LogP contribution in [0, 0.1) is 5.92 Å². The number of aromatic nitrogens is 2. The van der Waals surface area contributed by atoms with Crippen LogP contribution in [0.1, 0.15) is 30.6 Å². The van der Waals surface area contributed by atoms with E-state index in [2.05, 4.69) is 10.4 Å². The molecule has 2 aromatic rings. The molecule has 1 heterocycles. The van der Waals surface area contributed by atoms with Gasteiger partial charge in [-0.15, -0.1) is 0 Å². The van der Waals surface area contributed by atoms with Crippen molar-refractivity contribution in [3.63, 3.8) is 0 Å². The zero-order chi connectivity index (χ0) is 22.7. The molecule has 6 nitrogen and oxygen atoms in total. The van der Waals surface area contributed by atoms with Gasteiger partial charge in [0.05, 0.1) is 17.5 Å². The van der Waals surface area contributed by atoms with E-state index in [4.69, 9.17) is 11.6 Å². The molecule has 0 radical (unpaired) electrons. The maximum Gasteiger partial charge on any atom is 0.284 e. The molecule has 0 bridgehead atoms. The lowest BCUT2D eigenvalue weighted by Crippen LogP contribution is -2.39. The summed E-state index contributed by atoms with van der Waals surface area (Å²) in [4.78, 5) is 25.7. The van der Waals surface area contributed by atoms with Gasteiger partial charge < -0.3 is 10.4 Å². The van der Waals surface area contributed by atoms with Crippen LogP contribution in [0.25, 0.3) is 17.0 Å².